The number of benzene rings is 1. The van der Waals surface area contributed by atoms with E-state index in [1.807, 2.05) is 47.3 Å². The van der Waals surface area contributed by atoms with Crippen molar-refractivity contribution in [3.05, 3.63) is 48.3 Å². The first kappa shape index (κ1) is 12.7. The summed E-state index contributed by atoms with van der Waals surface area (Å²) in [5.41, 5.74) is 3.90. The van der Waals surface area contributed by atoms with Crippen molar-refractivity contribution in [2.24, 2.45) is 0 Å². The number of pyridine rings is 1. The van der Waals surface area contributed by atoms with E-state index in [4.69, 9.17) is 0 Å². The largest absolute Gasteiger partial charge is 0.311 e. The van der Waals surface area contributed by atoms with Crippen molar-refractivity contribution in [3.8, 4) is 5.69 Å². The SMILES string of the molecule is CCCNCc1cc(-n2nnc3ccccc32)ccn1. The number of hydrogen-bond donors (Lipinski definition) is 1. The average molecular weight is 267 g/mol. The van der Waals surface area contributed by atoms with Crippen molar-refractivity contribution in [1.29, 1.82) is 0 Å². The Kier molecular flexibility index (Phi) is 3.69. The van der Waals surface area contributed by atoms with E-state index in [1.165, 1.54) is 0 Å². The quantitative estimate of drug-likeness (QED) is 0.721. The third-order valence-electron chi connectivity index (χ3n) is 3.13. The van der Waals surface area contributed by atoms with Crippen LogP contribution < -0.4 is 5.32 Å². The van der Waals surface area contributed by atoms with Gasteiger partial charge < -0.3 is 5.32 Å². The molecular weight excluding hydrogens is 250 g/mol. The molecule has 1 N–H and O–H groups in total. The Morgan fingerprint density at radius 3 is 3.00 bits per heavy atom. The second-order valence-corrected chi connectivity index (χ2v) is 4.67. The van der Waals surface area contributed by atoms with Gasteiger partial charge in [0.15, 0.2) is 0 Å². The standard InChI is InChI=1S/C15H17N5/c1-2-8-16-11-12-10-13(7-9-17-12)20-15-6-4-3-5-14(15)18-19-20/h3-7,9-10,16H,2,8,11H2,1H3. The van der Waals surface area contributed by atoms with Gasteiger partial charge in [-0.15, -0.1) is 5.10 Å². The van der Waals surface area contributed by atoms with Gasteiger partial charge in [-0.2, -0.15) is 0 Å². The van der Waals surface area contributed by atoms with E-state index < -0.39 is 0 Å². The van der Waals surface area contributed by atoms with Crippen LogP contribution in [0.4, 0.5) is 0 Å². The van der Waals surface area contributed by atoms with Crippen molar-refractivity contribution >= 4 is 11.0 Å². The Hall–Kier alpha value is -2.27. The molecule has 0 atom stereocenters. The van der Waals surface area contributed by atoms with Crippen molar-refractivity contribution in [2.75, 3.05) is 6.54 Å². The first-order valence-electron chi connectivity index (χ1n) is 6.85. The molecule has 0 unspecified atom stereocenters. The van der Waals surface area contributed by atoms with Gasteiger partial charge in [-0.05, 0) is 37.2 Å². The molecule has 0 aliphatic rings. The summed E-state index contributed by atoms with van der Waals surface area (Å²) in [6, 6.07) is 11.9. The van der Waals surface area contributed by atoms with Crippen LogP contribution in [0.5, 0.6) is 0 Å². The van der Waals surface area contributed by atoms with Crippen LogP contribution >= 0.6 is 0 Å². The number of fused-ring (bicyclic) bond motifs is 1. The van der Waals surface area contributed by atoms with E-state index >= 15 is 0 Å². The number of hydrogen-bond acceptors (Lipinski definition) is 4. The zero-order valence-corrected chi connectivity index (χ0v) is 11.5. The summed E-state index contributed by atoms with van der Waals surface area (Å²) >= 11 is 0. The number of nitrogens with zero attached hydrogens (tertiary/aromatic N) is 4. The van der Waals surface area contributed by atoms with Gasteiger partial charge in [-0.25, -0.2) is 4.68 Å². The van der Waals surface area contributed by atoms with Gasteiger partial charge >= 0.3 is 0 Å². The monoisotopic (exact) mass is 267 g/mol. The predicted octanol–water partition coefficient (Wildman–Crippen LogP) is 2.32. The molecule has 102 valence electrons. The Bertz CT molecular complexity index is 704. The first-order chi connectivity index (χ1) is 9.88. The topological polar surface area (TPSA) is 55.6 Å². The first-order valence-corrected chi connectivity index (χ1v) is 6.85. The van der Waals surface area contributed by atoms with Gasteiger partial charge in [0.1, 0.15) is 5.52 Å². The molecule has 2 aromatic heterocycles. The molecule has 5 nitrogen and oxygen atoms in total. The van der Waals surface area contributed by atoms with Crippen LogP contribution in [0, 0.1) is 0 Å². The average Bonchev–Trinajstić information content (AvgIpc) is 2.92. The molecule has 0 bridgehead atoms. The lowest BCUT2D eigenvalue weighted by atomic mass is 10.3. The summed E-state index contributed by atoms with van der Waals surface area (Å²) in [5.74, 6) is 0. The van der Waals surface area contributed by atoms with Gasteiger partial charge in [-0.3, -0.25) is 4.98 Å². The molecule has 1 aromatic carbocycles. The number of aromatic nitrogens is 4. The Morgan fingerprint density at radius 1 is 1.20 bits per heavy atom. The van der Waals surface area contributed by atoms with Crippen LogP contribution in [-0.4, -0.2) is 26.5 Å². The van der Waals surface area contributed by atoms with E-state index in [0.717, 1.165) is 41.9 Å². The molecule has 0 aliphatic carbocycles. The van der Waals surface area contributed by atoms with E-state index in [-0.39, 0.29) is 0 Å². The van der Waals surface area contributed by atoms with Crippen molar-refractivity contribution in [1.82, 2.24) is 25.3 Å². The highest BCUT2D eigenvalue weighted by Crippen LogP contribution is 2.15. The van der Waals surface area contributed by atoms with Gasteiger partial charge in [0.2, 0.25) is 0 Å². The van der Waals surface area contributed by atoms with Crippen molar-refractivity contribution in [2.45, 2.75) is 19.9 Å². The fourth-order valence-corrected chi connectivity index (χ4v) is 2.15. The second kappa shape index (κ2) is 5.79. The van der Waals surface area contributed by atoms with E-state index in [9.17, 15) is 0 Å². The minimum atomic E-state index is 0.772. The van der Waals surface area contributed by atoms with Crippen LogP contribution in [0.15, 0.2) is 42.6 Å². The fourth-order valence-electron chi connectivity index (χ4n) is 2.15. The summed E-state index contributed by atoms with van der Waals surface area (Å²) in [6.07, 6.45) is 2.93. The predicted molar refractivity (Wildman–Crippen MR) is 78.7 cm³/mol. The number of rotatable bonds is 5. The lowest BCUT2D eigenvalue weighted by Gasteiger charge is -2.06. The van der Waals surface area contributed by atoms with Crippen molar-refractivity contribution < 1.29 is 0 Å². The van der Waals surface area contributed by atoms with Crippen molar-refractivity contribution in [3.63, 3.8) is 0 Å². The van der Waals surface area contributed by atoms with E-state index in [0.29, 0.717) is 0 Å². The molecule has 0 radical (unpaired) electrons. The molecule has 5 heteroatoms. The molecular formula is C15H17N5. The van der Waals surface area contributed by atoms with Gasteiger partial charge in [-0.1, -0.05) is 24.3 Å². The summed E-state index contributed by atoms with van der Waals surface area (Å²) in [5, 5.41) is 11.8. The summed E-state index contributed by atoms with van der Waals surface area (Å²) in [4.78, 5) is 4.38. The highest BCUT2D eigenvalue weighted by molar-refractivity contribution is 5.75. The molecule has 0 fully saturated rings. The minimum absolute atomic E-state index is 0.772. The molecule has 0 aliphatic heterocycles. The molecule has 3 aromatic rings. The molecule has 0 amide bonds. The highest BCUT2D eigenvalue weighted by atomic mass is 15.4. The Labute approximate surface area is 117 Å². The molecule has 0 saturated carbocycles. The summed E-state index contributed by atoms with van der Waals surface area (Å²) in [6.45, 7) is 3.92. The van der Waals surface area contributed by atoms with Crippen LogP contribution in [0.2, 0.25) is 0 Å². The van der Waals surface area contributed by atoms with Crippen LogP contribution in [0.3, 0.4) is 0 Å². The summed E-state index contributed by atoms with van der Waals surface area (Å²) in [7, 11) is 0. The maximum atomic E-state index is 4.38. The lowest BCUT2D eigenvalue weighted by molar-refractivity contribution is 0.663. The van der Waals surface area contributed by atoms with Gasteiger partial charge in [0, 0.05) is 12.7 Å². The molecule has 0 saturated heterocycles. The fraction of sp³-hybridized carbons (Fsp3) is 0.267. The van der Waals surface area contributed by atoms with E-state index in [2.05, 4.69) is 27.5 Å². The van der Waals surface area contributed by atoms with Crippen LogP contribution in [0.1, 0.15) is 19.0 Å². The highest BCUT2D eigenvalue weighted by Gasteiger charge is 2.06. The molecule has 20 heavy (non-hydrogen) atoms. The second-order valence-electron chi connectivity index (χ2n) is 4.67. The van der Waals surface area contributed by atoms with E-state index in [1.54, 1.807) is 0 Å². The molecule has 2 heterocycles. The Morgan fingerprint density at radius 2 is 2.10 bits per heavy atom. The summed E-state index contributed by atoms with van der Waals surface area (Å²) < 4.78 is 1.85. The zero-order chi connectivity index (χ0) is 13.8. The zero-order valence-electron chi connectivity index (χ0n) is 11.5. The lowest BCUT2D eigenvalue weighted by Crippen LogP contribution is -2.15. The number of nitrogens with one attached hydrogen (secondary N) is 1. The normalized spacial score (nSPS) is 11.1. The number of para-hydroxylation sites is 1. The Balaban J connectivity index is 1.92. The third-order valence-corrected chi connectivity index (χ3v) is 3.13. The minimum Gasteiger partial charge on any atom is -0.311 e. The van der Waals surface area contributed by atoms with Gasteiger partial charge in [0.05, 0.1) is 16.9 Å². The molecule has 3 rings (SSSR count). The maximum Gasteiger partial charge on any atom is 0.113 e. The smallest absolute Gasteiger partial charge is 0.113 e. The van der Waals surface area contributed by atoms with Gasteiger partial charge in [0.25, 0.3) is 0 Å². The maximum absolute atomic E-state index is 4.38. The molecule has 0 spiro atoms. The third kappa shape index (κ3) is 2.53. The van der Waals surface area contributed by atoms with Crippen LogP contribution in [-0.2, 0) is 6.54 Å². The van der Waals surface area contributed by atoms with Crippen LogP contribution in [0.25, 0.3) is 16.7 Å².